The van der Waals surface area contributed by atoms with Gasteiger partial charge in [0.15, 0.2) is 0 Å². The molecule has 0 radical (unpaired) electrons. The summed E-state index contributed by atoms with van der Waals surface area (Å²) in [5, 5.41) is 4.75. The smallest absolute Gasteiger partial charge is 0.129 e. The van der Waals surface area contributed by atoms with Gasteiger partial charge in [-0.15, -0.1) is 0 Å². The van der Waals surface area contributed by atoms with E-state index in [4.69, 9.17) is 21.9 Å². The van der Waals surface area contributed by atoms with Crippen molar-refractivity contribution in [2.24, 2.45) is 0 Å². The topological polar surface area (TPSA) is 80.6 Å². The van der Waals surface area contributed by atoms with Crippen molar-refractivity contribution in [3.05, 3.63) is 127 Å². The zero-order valence-electron chi connectivity index (χ0n) is 25.0. The van der Waals surface area contributed by atoms with E-state index >= 15 is 0 Å². The monoisotopic (exact) mass is 671 g/mol. The SMILES string of the molecule is c1ccc2cc(-c3ccc(N(c4cccc5nsnc45)c4ccc(-c5cccc6ccccc56)c5nsnc45)c4nsnc34)ccc2c1. The lowest BCUT2D eigenvalue weighted by molar-refractivity contribution is 1.31. The minimum Gasteiger partial charge on any atom is -0.304 e. The normalized spacial score (nSPS) is 11.8. The fraction of sp³-hybridized carbons (Fsp3) is 0. The average molecular weight is 672 g/mol. The molecule has 0 fully saturated rings. The highest BCUT2D eigenvalue weighted by Gasteiger charge is 2.26. The zero-order chi connectivity index (χ0) is 31.6. The van der Waals surface area contributed by atoms with Gasteiger partial charge in [-0.1, -0.05) is 84.9 Å². The van der Waals surface area contributed by atoms with Crippen LogP contribution in [0.15, 0.2) is 127 Å². The van der Waals surface area contributed by atoms with Crippen molar-refractivity contribution >= 4 is 107 Å². The average Bonchev–Trinajstić information content (AvgIpc) is 3.93. The Bertz CT molecular complexity index is 2830. The summed E-state index contributed by atoms with van der Waals surface area (Å²) in [6.07, 6.45) is 0. The van der Waals surface area contributed by atoms with Gasteiger partial charge in [0.05, 0.1) is 52.2 Å². The Labute approximate surface area is 286 Å². The van der Waals surface area contributed by atoms with Crippen LogP contribution in [0.25, 0.3) is 76.9 Å². The highest BCUT2D eigenvalue weighted by atomic mass is 32.1. The number of nitrogens with zero attached hydrogens (tertiary/aromatic N) is 7. The molecule has 0 amide bonds. The molecule has 7 aromatic carbocycles. The molecule has 3 aromatic heterocycles. The molecule has 0 aliphatic rings. The van der Waals surface area contributed by atoms with E-state index in [2.05, 4.69) is 125 Å². The van der Waals surface area contributed by atoms with Crippen molar-refractivity contribution in [2.45, 2.75) is 0 Å². The zero-order valence-corrected chi connectivity index (χ0v) is 27.4. The molecule has 0 saturated heterocycles. The lowest BCUT2D eigenvalue weighted by atomic mass is 9.96. The molecule has 0 N–H and O–H groups in total. The van der Waals surface area contributed by atoms with Crippen LogP contribution in [0.4, 0.5) is 17.1 Å². The molecule has 0 atom stereocenters. The molecule has 10 rings (SSSR count). The summed E-state index contributed by atoms with van der Waals surface area (Å²) >= 11 is 3.65. The molecule has 0 aliphatic carbocycles. The second kappa shape index (κ2) is 11.0. The molecule has 0 aliphatic heterocycles. The first-order valence-electron chi connectivity index (χ1n) is 15.3. The van der Waals surface area contributed by atoms with Crippen LogP contribution >= 0.6 is 35.2 Å². The van der Waals surface area contributed by atoms with Gasteiger partial charge in [-0.05, 0) is 75.1 Å². The van der Waals surface area contributed by atoms with Crippen LogP contribution in [0.2, 0.25) is 0 Å². The van der Waals surface area contributed by atoms with E-state index < -0.39 is 0 Å². The summed E-state index contributed by atoms with van der Waals surface area (Å²) in [5.41, 5.74) is 11.9. The summed E-state index contributed by atoms with van der Waals surface area (Å²) < 4.78 is 28.8. The summed E-state index contributed by atoms with van der Waals surface area (Å²) in [7, 11) is 0. The summed E-state index contributed by atoms with van der Waals surface area (Å²) in [5.74, 6) is 0. The predicted octanol–water partition coefficient (Wildman–Crippen LogP) is 10.8. The van der Waals surface area contributed by atoms with Crippen LogP contribution in [0.3, 0.4) is 0 Å². The number of anilines is 3. The molecular formula is C38H21N7S3. The molecular weight excluding hydrogens is 651 g/mol. The molecule has 0 bridgehead atoms. The second-order valence-corrected chi connectivity index (χ2v) is 13.1. The number of hydrogen-bond donors (Lipinski definition) is 0. The fourth-order valence-corrected chi connectivity index (χ4v) is 8.38. The quantitative estimate of drug-likeness (QED) is 0.180. The molecule has 7 nitrogen and oxygen atoms in total. The minimum absolute atomic E-state index is 0.806. The van der Waals surface area contributed by atoms with Crippen molar-refractivity contribution in [3.8, 4) is 22.3 Å². The largest absolute Gasteiger partial charge is 0.304 e. The molecule has 48 heavy (non-hydrogen) atoms. The van der Waals surface area contributed by atoms with E-state index in [9.17, 15) is 0 Å². The van der Waals surface area contributed by atoms with E-state index in [0.29, 0.717) is 0 Å². The number of rotatable bonds is 5. The molecule has 0 unspecified atom stereocenters. The summed E-state index contributed by atoms with van der Waals surface area (Å²) in [6.45, 7) is 0. The number of aromatic nitrogens is 6. The van der Waals surface area contributed by atoms with Crippen LogP contribution in [0.5, 0.6) is 0 Å². The number of fused-ring (bicyclic) bond motifs is 5. The number of hydrogen-bond acceptors (Lipinski definition) is 10. The summed E-state index contributed by atoms with van der Waals surface area (Å²) in [6, 6.07) is 44.5. The first-order valence-corrected chi connectivity index (χ1v) is 17.5. The molecule has 10 aromatic rings. The Morgan fingerprint density at radius 3 is 1.81 bits per heavy atom. The molecule has 226 valence electrons. The Balaban J connectivity index is 1.22. The molecule has 10 heteroatoms. The highest BCUT2D eigenvalue weighted by Crippen LogP contribution is 2.47. The predicted molar refractivity (Wildman–Crippen MR) is 200 cm³/mol. The molecule has 0 spiro atoms. The van der Waals surface area contributed by atoms with Crippen LogP contribution in [-0.2, 0) is 0 Å². The lowest BCUT2D eigenvalue weighted by Gasteiger charge is -2.26. The standard InChI is InChI=1S/C38H21N7S3/c1-2-9-24-21-25(16-15-22(24)7-1)27-17-19-32(37-34(27)40-47-43-37)45(31-14-6-13-30-36(31)42-46-39-30)33-20-18-29(35-38(33)44-48-41-35)28-12-5-10-23-8-3-4-11-26(23)28/h1-21H. The first-order chi connectivity index (χ1) is 23.8. The van der Waals surface area contributed by atoms with Gasteiger partial charge in [0.1, 0.15) is 33.1 Å². The third-order valence-electron chi connectivity index (χ3n) is 8.92. The second-order valence-electron chi connectivity index (χ2n) is 11.5. The first kappa shape index (κ1) is 27.4. The van der Waals surface area contributed by atoms with Crippen LogP contribution in [0.1, 0.15) is 0 Å². The Kier molecular flexibility index (Phi) is 6.26. The Morgan fingerprint density at radius 1 is 0.375 bits per heavy atom. The van der Waals surface area contributed by atoms with E-state index in [0.717, 1.165) is 72.4 Å². The van der Waals surface area contributed by atoms with E-state index in [1.165, 1.54) is 56.7 Å². The van der Waals surface area contributed by atoms with Crippen LogP contribution in [-0.4, -0.2) is 26.2 Å². The fourth-order valence-electron chi connectivity index (χ4n) is 6.70. The Morgan fingerprint density at radius 2 is 0.979 bits per heavy atom. The third kappa shape index (κ3) is 4.24. The van der Waals surface area contributed by atoms with E-state index in [1.54, 1.807) is 0 Å². The van der Waals surface area contributed by atoms with Gasteiger partial charge in [0.25, 0.3) is 0 Å². The van der Waals surface area contributed by atoms with Crippen molar-refractivity contribution < 1.29 is 0 Å². The maximum absolute atomic E-state index is 4.91. The van der Waals surface area contributed by atoms with Crippen LogP contribution < -0.4 is 4.90 Å². The van der Waals surface area contributed by atoms with Crippen LogP contribution in [0, 0.1) is 0 Å². The lowest BCUT2D eigenvalue weighted by Crippen LogP contribution is -2.12. The van der Waals surface area contributed by atoms with Crippen molar-refractivity contribution in [1.29, 1.82) is 0 Å². The summed E-state index contributed by atoms with van der Waals surface area (Å²) in [4.78, 5) is 2.20. The van der Waals surface area contributed by atoms with Gasteiger partial charge in [-0.25, -0.2) is 0 Å². The highest BCUT2D eigenvalue weighted by molar-refractivity contribution is 7.00. The van der Waals surface area contributed by atoms with Gasteiger partial charge >= 0.3 is 0 Å². The van der Waals surface area contributed by atoms with Crippen molar-refractivity contribution in [3.63, 3.8) is 0 Å². The third-order valence-corrected chi connectivity index (χ3v) is 10.5. The van der Waals surface area contributed by atoms with Crippen molar-refractivity contribution in [1.82, 2.24) is 26.2 Å². The van der Waals surface area contributed by atoms with E-state index in [-0.39, 0.29) is 0 Å². The molecule has 0 saturated carbocycles. The van der Waals surface area contributed by atoms with E-state index in [1.807, 2.05) is 12.1 Å². The maximum atomic E-state index is 4.91. The maximum Gasteiger partial charge on any atom is 0.129 e. The van der Waals surface area contributed by atoms with Crippen molar-refractivity contribution in [2.75, 3.05) is 4.90 Å². The Hall–Kier alpha value is -5.68. The van der Waals surface area contributed by atoms with Gasteiger partial charge in [0, 0.05) is 11.1 Å². The van der Waals surface area contributed by atoms with Gasteiger partial charge in [-0.2, -0.15) is 26.2 Å². The van der Waals surface area contributed by atoms with Gasteiger partial charge < -0.3 is 4.90 Å². The van der Waals surface area contributed by atoms with Gasteiger partial charge in [-0.3, -0.25) is 0 Å². The number of benzene rings is 7. The molecule has 3 heterocycles. The van der Waals surface area contributed by atoms with Gasteiger partial charge in [0.2, 0.25) is 0 Å². The minimum atomic E-state index is 0.806.